The van der Waals surface area contributed by atoms with Crippen molar-refractivity contribution in [3.63, 3.8) is 0 Å². The zero-order valence-electron chi connectivity index (χ0n) is 10.8. The molecular weight excluding hydrogens is 407 g/mol. The predicted octanol–water partition coefficient (Wildman–Crippen LogP) is 2.66. The van der Waals surface area contributed by atoms with Crippen molar-refractivity contribution in [3.05, 3.63) is 31.7 Å². The van der Waals surface area contributed by atoms with Gasteiger partial charge in [0, 0.05) is 29.4 Å². The Kier molecular flexibility index (Phi) is 4.73. The first kappa shape index (κ1) is 17.1. The second kappa shape index (κ2) is 6.09. The lowest BCUT2D eigenvalue weighted by atomic mass is 10.1. The Morgan fingerprint density at radius 2 is 2.14 bits per heavy atom. The second-order valence-electron chi connectivity index (χ2n) is 4.79. The van der Waals surface area contributed by atoms with E-state index in [-0.39, 0.29) is 23.7 Å². The molecule has 1 aromatic rings. The van der Waals surface area contributed by atoms with Crippen LogP contribution in [0.5, 0.6) is 0 Å². The second-order valence-corrected chi connectivity index (χ2v) is 7.53. The number of carbonyl (C=O) groups excluding carboxylic acids is 1. The average Bonchev–Trinajstić information content (AvgIpc) is 2.66. The number of nitro benzene ring substituents is 1. The number of nitro groups is 1. The average molecular weight is 416 g/mol. The lowest BCUT2D eigenvalue weighted by molar-refractivity contribution is -0.384. The number of benzene rings is 1. The third-order valence-corrected chi connectivity index (χ3v) is 4.73. The number of amides is 1. The summed E-state index contributed by atoms with van der Waals surface area (Å²) in [6.07, 6.45) is -0.216. The lowest BCUT2D eigenvalue weighted by Gasteiger charge is -2.18. The summed E-state index contributed by atoms with van der Waals surface area (Å²) >= 11 is 9.05. The summed E-state index contributed by atoms with van der Waals surface area (Å²) in [6.45, 7) is -0.149. The molecule has 1 heterocycles. The monoisotopic (exact) mass is 414 g/mol. The van der Waals surface area contributed by atoms with E-state index in [1.807, 2.05) is 0 Å². The van der Waals surface area contributed by atoms with Crippen LogP contribution in [0.2, 0.25) is 5.02 Å². The predicted molar refractivity (Wildman–Crippen MR) is 81.2 cm³/mol. The fourth-order valence-electron chi connectivity index (χ4n) is 2.35. The molecule has 7 nitrogen and oxygen atoms in total. The van der Waals surface area contributed by atoms with E-state index in [4.69, 9.17) is 11.6 Å². The van der Waals surface area contributed by atoms with Crippen LogP contribution in [-0.4, -0.2) is 31.5 Å². The van der Waals surface area contributed by atoms with E-state index in [2.05, 4.69) is 15.9 Å². The number of rotatable bonds is 4. The molecule has 120 valence electrons. The summed E-state index contributed by atoms with van der Waals surface area (Å²) in [5.41, 5.74) is -0.505. The number of nitrogens with zero attached hydrogens (tertiary/aromatic N) is 2. The van der Waals surface area contributed by atoms with Crippen LogP contribution in [0.15, 0.2) is 16.6 Å². The molecule has 1 amide bonds. The highest BCUT2D eigenvalue weighted by Crippen LogP contribution is 2.41. The summed E-state index contributed by atoms with van der Waals surface area (Å²) in [7, 11) is -4.73. The zero-order chi connectivity index (χ0) is 16.7. The van der Waals surface area contributed by atoms with E-state index >= 15 is 0 Å². The molecule has 1 aliphatic heterocycles. The highest BCUT2D eigenvalue weighted by Gasteiger charge is 2.37. The Bertz CT molecular complexity index is 757. The Hall–Kier alpha value is -1.26. The largest absolute Gasteiger partial charge is 0.305 e. The normalized spacial score (nSPS) is 18.8. The summed E-state index contributed by atoms with van der Waals surface area (Å²) in [6, 6.07) is 2.57. The van der Waals surface area contributed by atoms with Crippen LogP contribution in [0.4, 0.5) is 15.3 Å². The van der Waals surface area contributed by atoms with Gasteiger partial charge >= 0.3 is 10.2 Å². The fourth-order valence-corrected chi connectivity index (χ4v) is 4.03. The van der Waals surface area contributed by atoms with Gasteiger partial charge in [0.1, 0.15) is 5.69 Å². The smallest absolute Gasteiger partial charge is 0.302 e. The Labute approximate surface area is 138 Å². The van der Waals surface area contributed by atoms with E-state index in [9.17, 15) is 27.2 Å². The summed E-state index contributed by atoms with van der Waals surface area (Å²) in [5.74, 6) is -2.13. The minimum atomic E-state index is -4.73. The van der Waals surface area contributed by atoms with E-state index < -0.39 is 38.4 Å². The van der Waals surface area contributed by atoms with Gasteiger partial charge in [0.05, 0.1) is 15.7 Å². The van der Waals surface area contributed by atoms with Crippen LogP contribution in [0.25, 0.3) is 0 Å². The third kappa shape index (κ3) is 3.73. The van der Waals surface area contributed by atoms with Crippen molar-refractivity contribution in [2.45, 2.75) is 6.42 Å². The fraction of sp³-hybridized carbons (Fsp3) is 0.364. The van der Waals surface area contributed by atoms with Crippen molar-refractivity contribution in [1.82, 2.24) is 0 Å². The Morgan fingerprint density at radius 3 is 2.68 bits per heavy atom. The van der Waals surface area contributed by atoms with Crippen LogP contribution < -0.4 is 4.90 Å². The molecule has 0 aromatic heterocycles. The molecule has 0 saturated carbocycles. The molecule has 0 radical (unpaired) electrons. The lowest BCUT2D eigenvalue weighted by Crippen LogP contribution is -2.26. The van der Waals surface area contributed by atoms with Gasteiger partial charge in [0.15, 0.2) is 0 Å². The van der Waals surface area contributed by atoms with Gasteiger partial charge in [0.25, 0.3) is 5.69 Å². The third-order valence-electron chi connectivity index (χ3n) is 3.11. The SMILES string of the molecule is O=C1CC(CS(=O)(=O)F)CN1c1c(Cl)cc(Br)cc1[N+](=O)[O-]. The van der Waals surface area contributed by atoms with Crippen molar-refractivity contribution in [2.24, 2.45) is 5.92 Å². The first-order valence-corrected chi connectivity index (χ1v) is 8.67. The van der Waals surface area contributed by atoms with Gasteiger partial charge < -0.3 is 4.90 Å². The molecule has 0 aliphatic carbocycles. The molecule has 2 rings (SSSR count). The van der Waals surface area contributed by atoms with Gasteiger partial charge in [-0.2, -0.15) is 8.42 Å². The minimum Gasteiger partial charge on any atom is -0.305 e. The van der Waals surface area contributed by atoms with Crippen LogP contribution in [0.1, 0.15) is 6.42 Å². The van der Waals surface area contributed by atoms with Gasteiger partial charge in [-0.1, -0.05) is 27.5 Å². The highest BCUT2D eigenvalue weighted by atomic mass is 79.9. The summed E-state index contributed by atoms with van der Waals surface area (Å²) in [5, 5.41) is 11.1. The first-order chi connectivity index (χ1) is 10.1. The Morgan fingerprint density at radius 1 is 1.50 bits per heavy atom. The van der Waals surface area contributed by atoms with E-state index in [0.29, 0.717) is 4.47 Å². The molecule has 0 N–H and O–H groups in total. The van der Waals surface area contributed by atoms with E-state index in [1.54, 1.807) is 0 Å². The van der Waals surface area contributed by atoms with Gasteiger partial charge in [0.2, 0.25) is 5.91 Å². The van der Waals surface area contributed by atoms with E-state index in [0.717, 1.165) is 4.90 Å². The van der Waals surface area contributed by atoms with Crippen LogP contribution in [-0.2, 0) is 15.0 Å². The molecule has 22 heavy (non-hydrogen) atoms. The van der Waals surface area contributed by atoms with Crippen molar-refractivity contribution in [3.8, 4) is 0 Å². The van der Waals surface area contributed by atoms with Crippen molar-refractivity contribution < 1.29 is 22.0 Å². The van der Waals surface area contributed by atoms with E-state index in [1.165, 1.54) is 12.1 Å². The van der Waals surface area contributed by atoms with Gasteiger partial charge in [-0.3, -0.25) is 14.9 Å². The van der Waals surface area contributed by atoms with Crippen LogP contribution in [0.3, 0.4) is 0 Å². The van der Waals surface area contributed by atoms with Crippen LogP contribution in [0, 0.1) is 16.0 Å². The van der Waals surface area contributed by atoms with Gasteiger partial charge in [-0.15, -0.1) is 3.89 Å². The molecule has 1 unspecified atom stereocenters. The number of hydrogen-bond donors (Lipinski definition) is 0. The zero-order valence-corrected chi connectivity index (χ0v) is 14.0. The molecule has 0 bridgehead atoms. The van der Waals surface area contributed by atoms with Crippen molar-refractivity contribution in [1.29, 1.82) is 0 Å². The van der Waals surface area contributed by atoms with Gasteiger partial charge in [-0.25, -0.2) is 0 Å². The number of hydrogen-bond acceptors (Lipinski definition) is 5. The molecule has 11 heteroatoms. The molecule has 1 saturated heterocycles. The van der Waals surface area contributed by atoms with Crippen molar-refractivity contribution in [2.75, 3.05) is 17.2 Å². The van der Waals surface area contributed by atoms with Gasteiger partial charge in [-0.05, 0) is 6.07 Å². The number of halogens is 3. The molecular formula is C11H9BrClFN2O5S. The minimum absolute atomic E-state index is 0.0295. The molecule has 1 aromatic carbocycles. The summed E-state index contributed by atoms with van der Waals surface area (Å²) < 4.78 is 34.5. The highest BCUT2D eigenvalue weighted by molar-refractivity contribution is 9.10. The number of anilines is 1. The Balaban J connectivity index is 2.40. The number of carbonyl (C=O) groups is 1. The molecule has 1 aliphatic rings. The molecule has 1 fully saturated rings. The summed E-state index contributed by atoms with van der Waals surface area (Å²) in [4.78, 5) is 23.5. The maximum Gasteiger partial charge on any atom is 0.302 e. The maximum absolute atomic E-state index is 12.7. The first-order valence-electron chi connectivity index (χ1n) is 5.94. The van der Waals surface area contributed by atoms with Crippen LogP contribution >= 0.6 is 27.5 Å². The topological polar surface area (TPSA) is 97.6 Å². The molecule has 0 spiro atoms. The standard InChI is InChI=1S/C11H9BrClFN2O5S/c12-7-2-8(13)11(9(3-7)16(18)19)15-4-6(1-10(15)17)5-22(14,20)21/h2-3,6H,1,4-5H2. The molecule has 1 atom stereocenters. The van der Waals surface area contributed by atoms with Crippen molar-refractivity contribution >= 4 is 55.0 Å². The maximum atomic E-state index is 12.7. The quantitative estimate of drug-likeness (QED) is 0.428.